The predicted octanol–water partition coefficient (Wildman–Crippen LogP) is 5.56. The van der Waals surface area contributed by atoms with Crippen molar-refractivity contribution in [1.29, 1.82) is 0 Å². The van der Waals surface area contributed by atoms with E-state index in [9.17, 15) is 4.79 Å². The van der Waals surface area contributed by atoms with Crippen LogP contribution < -0.4 is 4.74 Å². The van der Waals surface area contributed by atoms with Crippen LogP contribution in [0.2, 0.25) is 0 Å². The van der Waals surface area contributed by atoms with E-state index in [1.165, 1.54) is 33.3 Å². The Hall–Kier alpha value is -3.99. The fourth-order valence-corrected chi connectivity index (χ4v) is 6.62. The molecule has 0 bridgehead atoms. The summed E-state index contributed by atoms with van der Waals surface area (Å²) in [6.07, 6.45) is 1.86. The number of ether oxygens (including phenoxy) is 1. The maximum atomic E-state index is 14.0. The van der Waals surface area contributed by atoms with Crippen molar-refractivity contribution in [1.82, 2.24) is 14.8 Å². The fourth-order valence-electron chi connectivity index (χ4n) is 6.62. The van der Waals surface area contributed by atoms with Crippen molar-refractivity contribution in [3.05, 3.63) is 113 Å². The number of H-pyrrole nitrogens is 1. The fraction of sp³-hybridized carbons (Fsp3) is 0.258. The van der Waals surface area contributed by atoms with Crippen LogP contribution in [0.5, 0.6) is 5.75 Å². The van der Waals surface area contributed by atoms with Gasteiger partial charge in [-0.15, -0.1) is 0 Å². The van der Waals surface area contributed by atoms with Crippen molar-refractivity contribution in [2.75, 3.05) is 20.2 Å². The van der Waals surface area contributed by atoms with Crippen molar-refractivity contribution >= 4 is 16.8 Å². The third-order valence-corrected chi connectivity index (χ3v) is 8.21. The Labute approximate surface area is 211 Å². The Balaban J connectivity index is 1.34. The van der Waals surface area contributed by atoms with Gasteiger partial charge in [-0.25, -0.2) is 0 Å². The molecule has 1 N–H and O–H groups in total. The first-order valence-electron chi connectivity index (χ1n) is 12.8. The molecule has 0 saturated carbocycles. The summed E-state index contributed by atoms with van der Waals surface area (Å²) in [6.45, 7) is 2.15. The summed E-state index contributed by atoms with van der Waals surface area (Å²) in [6, 6.07) is 27.3. The number of hydrogen-bond acceptors (Lipinski definition) is 3. The summed E-state index contributed by atoms with van der Waals surface area (Å²) in [5, 5.41) is 1.31. The average molecular weight is 476 g/mol. The van der Waals surface area contributed by atoms with Crippen LogP contribution in [0.4, 0.5) is 0 Å². The van der Waals surface area contributed by atoms with E-state index in [1.54, 1.807) is 7.11 Å². The van der Waals surface area contributed by atoms with E-state index in [4.69, 9.17) is 4.74 Å². The maximum absolute atomic E-state index is 14.0. The number of hydrogen-bond donors (Lipinski definition) is 1. The number of methoxy groups -OCH3 is 1. The zero-order valence-corrected chi connectivity index (χ0v) is 20.4. The lowest BCUT2D eigenvalue weighted by atomic mass is 9.78. The topological polar surface area (TPSA) is 48.6 Å². The van der Waals surface area contributed by atoms with Crippen LogP contribution in [-0.4, -0.2) is 40.9 Å². The van der Waals surface area contributed by atoms with E-state index in [1.807, 2.05) is 35.2 Å². The highest BCUT2D eigenvalue weighted by atomic mass is 16.5. The van der Waals surface area contributed by atoms with Gasteiger partial charge in [0.05, 0.1) is 13.2 Å². The largest absolute Gasteiger partial charge is 0.496 e. The molecule has 3 aliphatic rings. The molecule has 0 saturated heterocycles. The van der Waals surface area contributed by atoms with Gasteiger partial charge in [-0.05, 0) is 41.7 Å². The molecule has 3 aliphatic heterocycles. The van der Waals surface area contributed by atoms with E-state index in [0.717, 1.165) is 36.4 Å². The second-order valence-electron chi connectivity index (χ2n) is 10.1. The van der Waals surface area contributed by atoms with E-state index < -0.39 is 0 Å². The third kappa shape index (κ3) is 3.19. The molecule has 4 heterocycles. The number of para-hydroxylation sites is 2. The second kappa shape index (κ2) is 8.30. The number of nitrogens with zero attached hydrogens (tertiary/aromatic N) is 2. The van der Waals surface area contributed by atoms with E-state index in [0.29, 0.717) is 13.1 Å². The van der Waals surface area contributed by atoms with Gasteiger partial charge in [0.2, 0.25) is 0 Å². The van der Waals surface area contributed by atoms with E-state index in [-0.39, 0.29) is 17.9 Å². The minimum absolute atomic E-state index is 0.125. The Morgan fingerprint density at radius 2 is 1.75 bits per heavy atom. The molecule has 1 amide bonds. The lowest BCUT2D eigenvalue weighted by molar-refractivity contribution is -0.127. The zero-order chi connectivity index (χ0) is 24.2. The molecule has 5 nitrogen and oxygen atoms in total. The van der Waals surface area contributed by atoms with Crippen LogP contribution in [0.15, 0.2) is 90.1 Å². The standard InChI is InChI=1S/C31H29N3O2/c1-36-28-14-8-6-12-22(28)24-17-27-29-23(21-11-5-7-13-26(21)32-29)15-16-34(27)30-25(24)19-33(31(30)35)18-20-9-3-2-4-10-20/h2-14,24,27,32H,15-19H2,1H3/t24-,27-/m1/s1. The molecule has 0 fully saturated rings. The van der Waals surface area contributed by atoms with Crippen molar-refractivity contribution in [2.45, 2.75) is 31.3 Å². The average Bonchev–Trinajstić information content (AvgIpc) is 3.47. The molecule has 180 valence electrons. The number of fused-ring (bicyclic) bond motifs is 6. The highest BCUT2D eigenvalue weighted by Gasteiger charge is 2.47. The lowest BCUT2D eigenvalue weighted by Crippen LogP contribution is -2.41. The summed E-state index contributed by atoms with van der Waals surface area (Å²) in [5.74, 6) is 1.17. The number of rotatable bonds is 4. The number of carbonyl (C=O) groups excluding carboxylic acids is 1. The number of aromatic nitrogens is 1. The second-order valence-corrected chi connectivity index (χ2v) is 10.1. The number of benzene rings is 3. The molecule has 0 unspecified atom stereocenters. The zero-order valence-electron chi connectivity index (χ0n) is 20.4. The lowest BCUT2D eigenvalue weighted by Gasteiger charge is -2.44. The molecule has 0 radical (unpaired) electrons. The first-order valence-corrected chi connectivity index (χ1v) is 12.8. The summed E-state index contributed by atoms with van der Waals surface area (Å²) < 4.78 is 5.81. The van der Waals surface area contributed by atoms with Crippen LogP contribution in [-0.2, 0) is 17.8 Å². The van der Waals surface area contributed by atoms with Crippen LogP contribution in [0.1, 0.15) is 40.8 Å². The van der Waals surface area contributed by atoms with Gasteiger partial charge in [0, 0.05) is 47.7 Å². The SMILES string of the molecule is COc1ccccc1[C@H]1C[C@@H]2c3[nH]c4ccccc4c3CCN2C2=C1CN(Cc1ccccc1)C2=O. The van der Waals surface area contributed by atoms with Gasteiger partial charge >= 0.3 is 0 Å². The molecule has 4 aromatic rings. The van der Waals surface area contributed by atoms with Gasteiger partial charge in [0.25, 0.3) is 5.91 Å². The molecule has 0 aliphatic carbocycles. The molecule has 2 atom stereocenters. The van der Waals surface area contributed by atoms with Crippen molar-refractivity contribution in [3.63, 3.8) is 0 Å². The summed E-state index contributed by atoms with van der Waals surface area (Å²) in [7, 11) is 1.74. The Morgan fingerprint density at radius 3 is 2.61 bits per heavy atom. The molecule has 36 heavy (non-hydrogen) atoms. The molecule has 1 aromatic heterocycles. The Bertz CT molecular complexity index is 1500. The minimum Gasteiger partial charge on any atom is -0.496 e. The summed E-state index contributed by atoms with van der Waals surface area (Å²) >= 11 is 0. The van der Waals surface area contributed by atoms with Crippen molar-refractivity contribution < 1.29 is 9.53 Å². The summed E-state index contributed by atoms with van der Waals surface area (Å²) in [5.41, 5.74) is 8.32. The van der Waals surface area contributed by atoms with Crippen LogP contribution in [0, 0.1) is 0 Å². The van der Waals surface area contributed by atoms with Gasteiger partial charge in [-0.1, -0.05) is 66.7 Å². The third-order valence-electron chi connectivity index (χ3n) is 8.21. The molecule has 7 rings (SSSR count). The van der Waals surface area contributed by atoms with Gasteiger partial charge in [0.15, 0.2) is 0 Å². The number of amides is 1. The highest BCUT2D eigenvalue weighted by Crippen LogP contribution is 2.52. The predicted molar refractivity (Wildman–Crippen MR) is 141 cm³/mol. The highest BCUT2D eigenvalue weighted by molar-refractivity contribution is 5.97. The van der Waals surface area contributed by atoms with Gasteiger partial charge in [-0.3, -0.25) is 4.79 Å². The smallest absolute Gasteiger partial charge is 0.270 e. The number of carbonyl (C=O) groups is 1. The normalized spacial score (nSPS) is 21.0. The van der Waals surface area contributed by atoms with Crippen LogP contribution >= 0.6 is 0 Å². The van der Waals surface area contributed by atoms with Crippen molar-refractivity contribution in [2.24, 2.45) is 0 Å². The first kappa shape index (κ1) is 21.3. The summed E-state index contributed by atoms with van der Waals surface area (Å²) in [4.78, 5) is 22.2. The van der Waals surface area contributed by atoms with Crippen LogP contribution in [0.25, 0.3) is 10.9 Å². The van der Waals surface area contributed by atoms with Gasteiger partial charge in [-0.2, -0.15) is 0 Å². The molecule has 3 aromatic carbocycles. The Kier molecular flexibility index (Phi) is 4.91. The molecule has 5 heteroatoms. The quantitative estimate of drug-likeness (QED) is 0.420. The molecule has 0 spiro atoms. The number of aromatic amines is 1. The monoisotopic (exact) mass is 475 g/mol. The van der Waals surface area contributed by atoms with Gasteiger partial charge in [0.1, 0.15) is 11.4 Å². The molecular weight excluding hydrogens is 446 g/mol. The van der Waals surface area contributed by atoms with Crippen molar-refractivity contribution in [3.8, 4) is 5.75 Å². The number of nitrogens with one attached hydrogen (secondary N) is 1. The Morgan fingerprint density at radius 1 is 0.972 bits per heavy atom. The maximum Gasteiger partial charge on any atom is 0.270 e. The van der Waals surface area contributed by atoms with E-state index in [2.05, 4.69) is 58.4 Å². The molecular formula is C31H29N3O2. The minimum atomic E-state index is 0.125. The van der Waals surface area contributed by atoms with Crippen LogP contribution in [0.3, 0.4) is 0 Å². The van der Waals surface area contributed by atoms with E-state index >= 15 is 0 Å². The first-order chi connectivity index (χ1) is 17.7. The van der Waals surface area contributed by atoms with Gasteiger partial charge < -0.3 is 19.5 Å².